The van der Waals surface area contributed by atoms with Crippen LogP contribution in [0.5, 0.6) is 0 Å². The van der Waals surface area contributed by atoms with Crippen molar-refractivity contribution < 1.29 is 0 Å². The van der Waals surface area contributed by atoms with Crippen LogP contribution in [0.2, 0.25) is 0 Å². The fraction of sp³-hybridized carbons (Fsp3) is 0.600. The topological polar surface area (TPSA) is 0 Å². The predicted octanol–water partition coefficient (Wildman–Crippen LogP) is 15.8. The van der Waals surface area contributed by atoms with Gasteiger partial charge in [-0.1, -0.05) is 155 Å². The van der Waals surface area contributed by atoms with Gasteiger partial charge in [0.2, 0.25) is 0 Å². The van der Waals surface area contributed by atoms with E-state index in [4.69, 9.17) is 0 Å². The van der Waals surface area contributed by atoms with E-state index >= 15 is 0 Å². The molecule has 0 aromatic carbocycles. The van der Waals surface area contributed by atoms with Crippen molar-refractivity contribution in [1.29, 1.82) is 0 Å². The molecule has 0 saturated carbocycles. The van der Waals surface area contributed by atoms with Crippen molar-refractivity contribution >= 4 is 0 Å². The molecule has 0 amide bonds. The second kappa shape index (κ2) is 99.1. The van der Waals surface area contributed by atoms with E-state index < -0.39 is 0 Å². The molecule has 0 heterocycles. The zero-order valence-electron chi connectivity index (χ0n) is 29.6. The maximum Gasteiger partial charge on any atom is -0.0354 e. The number of hydrogen-bond acceptors (Lipinski definition) is 0. The maximum atomic E-state index is 3.60. The molecule has 0 atom stereocenters. The highest BCUT2D eigenvalue weighted by Gasteiger charge is 1.73. The highest BCUT2D eigenvalue weighted by atomic mass is 13.8. The van der Waals surface area contributed by atoms with Gasteiger partial charge in [0.05, 0.1) is 0 Å². The summed E-state index contributed by atoms with van der Waals surface area (Å²) in [6.07, 6.45) is 34.7. The van der Waals surface area contributed by atoms with Crippen molar-refractivity contribution in [2.45, 2.75) is 158 Å². The molecule has 40 heavy (non-hydrogen) atoms. The Morgan fingerprint density at radius 2 is 0.400 bits per heavy atom. The smallest absolute Gasteiger partial charge is 0.0354 e. The van der Waals surface area contributed by atoms with Gasteiger partial charge in [-0.25, -0.2) is 0 Å². The third-order valence-electron chi connectivity index (χ3n) is 4.20. The van der Waals surface area contributed by atoms with E-state index in [1.807, 2.05) is 48.6 Å². The third-order valence-corrected chi connectivity index (χ3v) is 4.20. The lowest BCUT2D eigenvalue weighted by atomic mass is 10.3. The quantitative estimate of drug-likeness (QED) is 0.130. The molecule has 0 N–H and O–H groups in total. The van der Waals surface area contributed by atoms with E-state index in [2.05, 4.69) is 108 Å². The maximum absolute atomic E-state index is 3.60. The second-order valence-corrected chi connectivity index (χ2v) is 8.51. The molecule has 0 radical (unpaired) electrons. The molecule has 0 rings (SSSR count). The number of allylic oxidation sites excluding steroid dienone is 8. The predicted molar refractivity (Wildman–Crippen MR) is 201 cm³/mol. The molecular weight excluding hydrogens is 480 g/mol. The summed E-state index contributed by atoms with van der Waals surface area (Å²) in [5.41, 5.74) is 0. The minimum absolute atomic E-state index is 1.08. The van der Waals surface area contributed by atoms with Crippen LogP contribution in [-0.4, -0.2) is 0 Å². The van der Waals surface area contributed by atoms with E-state index in [0.29, 0.717) is 0 Å². The van der Waals surface area contributed by atoms with Crippen molar-refractivity contribution in [1.82, 2.24) is 0 Å². The lowest BCUT2D eigenvalue weighted by molar-refractivity contribution is 0.816. The Hall–Kier alpha value is -2.08. The minimum Gasteiger partial charge on any atom is -0.103 e. The fourth-order valence-corrected chi connectivity index (χ4v) is 1.39. The van der Waals surface area contributed by atoms with Crippen LogP contribution in [-0.2, 0) is 0 Å². The summed E-state index contributed by atoms with van der Waals surface area (Å²) in [5, 5.41) is 0. The molecule has 0 heteroatoms. The van der Waals surface area contributed by atoms with Crippen LogP contribution in [0.25, 0.3) is 0 Å². The fourth-order valence-electron chi connectivity index (χ4n) is 1.39. The van der Waals surface area contributed by atoms with Gasteiger partial charge in [-0.15, -0.1) is 52.6 Å². The molecule has 0 saturated heterocycles. The van der Waals surface area contributed by atoms with Crippen LogP contribution in [0.3, 0.4) is 0 Å². The standard InChI is InChI=1S/4C6H12.4C4H8/c4*1-3-5-6-4-2;4*1-3-4-2/h4*3H,1,4-6H2,2H3;4*3H,1,4H2,2H3. The summed E-state index contributed by atoms with van der Waals surface area (Å²) in [6.45, 7) is 45.3. The highest BCUT2D eigenvalue weighted by Crippen LogP contribution is 1.93. The first-order valence-electron chi connectivity index (χ1n) is 16.2. The Kier molecular flexibility index (Phi) is 143. The van der Waals surface area contributed by atoms with Crippen molar-refractivity contribution in [2.75, 3.05) is 0 Å². The molecule has 0 aliphatic heterocycles. The molecule has 0 aromatic heterocycles. The first-order valence-corrected chi connectivity index (χ1v) is 16.2. The Morgan fingerprint density at radius 1 is 0.275 bits per heavy atom. The first-order chi connectivity index (χ1) is 19.3. The Balaban J connectivity index is -0.0000000492. The van der Waals surface area contributed by atoms with Gasteiger partial charge in [0.1, 0.15) is 0 Å². The van der Waals surface area contributed by atoms with Crippen LogP contribution < -0.4 is 0 Å². The molecule has 0 aliphatic rings. The van der Waals surface area contributed by atoms with Crippen molar-refractivity contribution in [3.05, 3.63) is 101 Å². The average molecular weight is 561 g/mol. The van der Waals surface area contributed by atoms with E-state index in [9.17, 15) is 0 Å². The number of rotatable bonds is 16. The first kappa shape index (κ1) is 57.7. The third kappa shape index (κ3) is 226. The Labute approximate surface area is 258 Å². The van der Waals surface area contributed by atoms with Crippen LogP contribution >= 0.6 is 0 Å². The molecule has 240 valence electrons. The van der Waals surface area contributed by atoms with E-state index in [0.717, 1.165) is 25.7 Å². The van der Waals surface area contributed by atoms with Crippen molar-refractivity contribution in [3.63, 3.8) is 0 Å². The summed E-state index contributed by atoms with van der Waals surface area (Å²) in [5.74, 6) is 0. The molecule has 0 bridgehead atoms. The average Bonchev–Trinajstić information content (AvgIpc) is 3.01. The lowest BCUT2D eigenvalue weighted by Crippen LogP contribution is -1.61. The largest absolute Gasteiger partial charge is 0.103 e. The van der Waals surface area contributed by atoms with Crippen LogP contribution in [0.1, 0.15) is 158 Å². The zero-order chi connectivity index (χ0) is 33.0. The molecule has 0 fully saturated rings. The second-order valence-electron chi connectivity index (χ2n) is 8.51. The van der Waals surface area contributed by atoms with E-state index in [1.54, 1.807) is 0 Å². The highest BCUT2D eigenvalue weighted by molar-refractivity contribution is 4.66. The van der Waals surface area contributed by atoms with Gasteiger partial charge < -0.3 is 0 Å². The van der Waals surface area contributed by atoms with Gasteiger partial charge in [0, 0.05) is 0 Å². The van der Waals surface area contributed by atoms with Gasteiger partial charge in [-0.05, 0) is 51.4 Å². The van der Waals surface area contributed by atoms with E-state index in [1.165, 1.54) is 77.0 Å². The van der Waals surface area contributed by atoms with Crippen LogP contribution in [0.15, 0.2) is 101 Å². The van der Waals surface area contributed by atoms with Crippen molar-refractivity contribution in [2.24, 2.45) is 0 Å². The SMILES string of the molecule is C=CCC.C=CCC.C=CCC.C=CCC.C=CCCCC.C=CCCCC.C=CCCCC.C=CCCCC. The lowest BCUT2D eigenvalue weighted by Gasteiger charge is -1.81. The molecule has 0 aromatic rings. The summed E-state index contributed by atoms with van der Waals surface area (Å²) >= 11 is 0. The van der Waals surface area contributed by atoms with Gasteiger partial charge in [-0.2, -0.15) is 0 Å². The van der Waals surface area contributed by atoms with Crippen molar-refractivity contribution in [3.8, 4) is 0 Å². The van der Waals surface area contributed by atoms with Gasteiger partial charge in [0.25, 0.3) is 0 Å². The van der Waals surface area contributed by atoms with Crippen LogP contribution in [0, 0.1) is 0 Å². The van der Waals surface area contributed by atoms with Gasteiger partial charge in [0.15, 0.2) is 0 Å². The monoisotopic (exact) mass is 561 g/mol. The van der Waals surface area contributed by atoms with E-state index in [-0.39, 0.29) is 0 Å². The van der Waals surface area contributed by atoms with Gasteiger partial charge in [-0.3, -0.25) is 0 Å². The molecule has 0 nitrogen and oxygen atoms in total. The molecule has 0 aliphatic carbocycles. The summed E-state index contributed by atoms with van der Waals surface area (Å²) in [6, 6.07) is 0. The summed E-state index contributed by atoms with van der Waals surface area (Å²) in [7, 11) is 0. The Bertz CT molecular complexity index is 330. The zero-order valence-corrected chi connectivity index (χ0v) is 29.6. The summed E-state index contributed by atoms with van der Waals surface area (Å²) < 4.78 is 0. The minimum atomic E-state index is 1.08. The number of hydrogen-bond donors (Lipinski definition) is 0. The van der Waals surface area contributed by atoms with Gasteiger partial charge >= 0.3 is 0 Å². The molecule has 0 spiro atoms. The number of unbranched alkanes of at least 4 members (excludes halogenated alkanes) is 8. The molecule has 0 unspecified atom stereocenters. The molecular formula is C40H80. The summed E-state index contributed by atoms with van der Waals surface area (Å²) in [4.78, 5) is 0. The normalized spacial score (nSPS) is 7.40. The Morgan fingerprint density at radius 3 is 0.425 bits per heavy atom. The van der Waals surface area contributed by atoms with Crippen LogP contribution in [0.4, 0.5) is 0 Å².